The average molecular weight is 274 g/mol. The van der Waals surface area contributed by atoms with E-state index in [1.54, 1.807) is 24.2 Å². The number of rotatable bonds is 5. The first-order valence-corrected chi connectivity index (χ1v) is 6.38. The van der Waals surface area contributed by atoms with Gasteiger partial charge >= 0.3 is 0 Å². The summed E-state index contributed by atoms with van der Waals surface area (Å²) in [7, 11) is 1.56. The summed E-state index contributed by atoms with van der Waals surface area (Å²) in [6.07, 6.45) is 3.09. The highest BCUT2D eigenvalue weighted by atomic mass is 16.5. The summed E-state index contributed by atoms with van der Waals surface area (Å²) in [4.78, 5) is 16.2. The molecule has 106 valence electrons. The SMILES string of the molecule is COc1cccc(C)c1C(=O)NC(C)Cn1cncn1. The molecule has 2 rings (SSSR count). The van der Waals surface area contributed by atoms with Gasteiger partial charge < -0.3 is 10.1 Å². The fraction of sp³-hybridized carbons (Fsp3) is 0.357. The van der Waals surface area contributed by atoms with Crippen molar-refractivity contribution in [3.63, 3.8) is 0 Å². The first-order valence-electron chi connectivity index (χ1n) is 6.38. The summed E-state index contributed by atoms with van der Waals surface area (Å²) in [6.45, 7) is 4.38. The van der Waals surface area contributed by atoms with Crippen LogP contribution in [0.15, 0.2) is 30.9 Å². The van der Waals surface area contributed by atoms with Crippen molar-refractivity contribution >= 4 is 5.91 Å². The number of methoxy groups -OCH3 is 1. The van der Waals surface area contributed by atoms with Crippen LogP contribution in [0.5, 0.6) is 5.75 Å². The van der Waals surface area contributed by atoms with E-state index in [0.717, 1.165) is 5.56 Å². The number of nitrogens with one attached hydrogen (secondary N) is 1. The van der Waals surface area contributed by atoms with Crippen molar-refractivity contribution in [1.82, 2.24) is 20.1 Å². The van der Waals surface area contributed by atoms with Crippen LogP contribution in [0.4, 0.5) is 0 Å². The minimum atomic E-state index is -0.146. The summed E-state index contributed by atoms with van der Waals surface area (Å²) in [5, 5.41) is 6.96. The molecule has 0 aliphatic carbocycles. The molecule has 1 atom stereocenters. The zero-order valence-electron chi connectivity index (χ0n) is 11.8. The monoisotopic (exact) mass is 274 g/mol. The molecule has 6 heteroatoms. The minimum Gasteiger partial charge on any atom is -0.496 e. The molecule has 0 aliphatic heterocycles. The molecule has 1 unspecified atom stereocenters. The van der Waals surface area contributed by atoms with Crippen LogP contribution in [0, 0.1) is 6.92 Å². The number of amides is 1. The van der Waals surface area contributed by atoms with E-state index in [2.05, 4.69) is 15.4 Å². The lowest BCUT2D eigenvalue weighted by Gasteiger charge is -2.16. The van der Waals surface area contributed by atoms with Gasteiger partial charge in [0.15, 0.2) is 0 Å². The van der Waals surface area contributed by atoms with Gasteiger partial charge in [-0.15, -0.1) is 0 Å². The molecular formula is C14H18N4O2. The van der Waals surface area contributed by atoms with Gasteiger partial charge in [0.25, 0.3) is 5.91 Å². The molecule has 1 heterocycles. The molecule has 0 saturated carbocycles. The second kappa shape index (κ2) is 6.18. The minimum absolute atomic E-state index is 0.0616. The van der Waals surface area contributed by atoms with Crippen molar-refractivity contribution in [1.29, 1.82) is 0 Å². The zero-order chi connectivity index (χ0) is 14.5. The molecule has 0 spiro atoms. The molecule has 0 fully saturated rings. The van der Waals surface area contributed by atoms with E-state index in [4.69, 9.17) is 4.74 Å². The molecule has 0 saturated heterocycles. The van der Waals surface area contributed by atoms with Gasteiger partial charge in [-0.2, -0.15) is 5.10 Å². The Bertz CT molecular complexity index is 581. The molecule has 2 aromatic rings. The quantitative estimate of drug-likeness (QED) is 0.895. The van der Waals surface area contributed by atoms with Crippen molar-refractivity contribution in [2.24, 2.45) is 0 Å². The Morgan fingerprint density at radius 2 is 2.30 bits per heavy atom. The van der Waals surface area contributed by atoms with Gasteiger partial charge in [-0.25, -0.2) is 4.98 Å². The van der Waals surface area contributed by atoms with Crippen LogP contribution in [-0.2, 0) is 6.54 Å². The van der Waals surface area contributed by atoms with Crippen LogP contribution in [0.2, 0.25) is 0 Å². The topological polar surface area (TPSA) is 69.0 Å². The van der Waals surface area contributed by atoms with Crippen molar-refractivity contribution < 1.29 is 9.53 Å². The third-order valence-electron chi connectivity index (χ3n) is 2.99. The number of carbonyl (C=O) groups is 1. The van der Waals surface area contributed by atoms with Gasteiger partial charge in [-0.1, -0.05) is 12.1 Å². The molecule has 1 aromatic heterocycles. The molecule has 6 nitrogen and oxygen atoms in total. The number of hydrogen-bond donors (Lipinski definition) is 1. The Morgan fingerprint density at radius 1 is 1.50 bits per heavy atom. The molecule has 0 aliphatic rings. The van der Waals surface area contributed by atoms with Crippen LogP contribution in [-0.4, -0.2) is 33.8 Å². The van der Waals surface area contributed by atoms with Crippen molar-refractivity contribution in [2.45, 2.75) is 26.4 Å². The third kappa shape index (κ3) is 3.14. The van der Waals surface area contributed by atoms with Crippen LogP contribution in [0.1, 0.15) is 22.8 Å². The molecule has 1 N–H and O–H groups in total. The van der Waals surface area contributed by atoms with E-state index in [1.807, 2.05) is 26.0 Å². The van der Waals surface area contributed by atoms with E-state index in [0.29, 0.717) is 17.9 Å². The summed E-state index contributed by atoms with van der Waals surface area (Å²) < 4.78 is 6.93. The van der Waals surface area contributed by atoms with E-state index >= 15 is 0 Å². The number of aromatic nitrogens is 3. The summed E-state index contributed by atoms with van der Waals surface area (Å²) >= 11 is 0. The maximum Gasteiger partial charge on any atom is 0.255 e. The van der Waals surface area contributed by atoms with Gasteiger partial charge in [-0.3, -0.25) is 9.48 Å². The standard InChI is InChI=1S/C14H18N4O2/c1-10-5-4-6-12(20-3)13(10)14(19)17-11(2)7-18-9-15-8-16-18/h4-6,8-9,11H,7H2,1-3H3,(H,17,19). The van der Waals surface area contributed by atoms with Gasteiger partial charge in [0.1, 0.15) is 18.4 Å². The van der Waals surface area contributed by atoms with E-state index < -0.39 is 0 Å². The molecular weight excluding hydrogens is 256 g/mol. The van der Waals surface area contributed by atoms with Crippen LogP contribution in [0.25, 0.3) is 0 Å². The Balaban J connectivity index is 2.08. The number of aryl methyl sites for hydroxylation is 1. The van der Waals surface area contributed by atoms with Gasteiger partial charge in [0.2, 0.25) is 0 Å². The summed E-state index contributed by atoms with van der Waals surface area (Å²) in [5.74, 6) is 0.433. The fourth-order valence-electron chi connectivity index (χ4n) is 2.05. The highest BCUT2D eigenvalue weighted by Crippen LogP contribution is 2.21. The first kappa shape index (κ1) is 14.0. The second-order valence-electron chi connectivity index (χ2n) is 4.64. The lowest BCUT2D eigenvalue weighted by Crippen LogP contribution is -2.36. The van der Waals surface area contributed by atoms with E-state index in [1.165, 1.54) is 6.33 Å². The lowest BCUT2D eigenvalue weighted by atomic mass is 10.1. The molecule has 20 heavy (non-hydrogen) atoms. The molecule has 0 radical (unpaired) electrons. The number of carbonyl (C=O) groups excluding carboxylic acids is 1. The molecule has 1 amide bonds. The van der Waals surface area contributed by atoms with Gasteiger partial charge in [0, 0.05) is 6.04 Å². The summed E-state index contributed by atoms with van der Waals surface area (Å²) in [5.41, 5.74) is 1.45. The number of hydrogen-bond acceptors (Lipinski definition) is 4. The Hall–Kier alpha value is -2.37. The van der Waals surface area contributed by atoms with Gasteiger partial charge in [-0.05, 0) is 25.5 Å². The first-order chi connectivity index (χ1) is 9.61. The fourth-order valence-corrected chi connectivity index (χ4v) is 2.05. The van der Waals surface area contributed by atoms with Crippen molar-refractivity contribution in [3.8, 4) is 5.75 Å². The highest BCUT2D eigenvalue weighted by Gasteiger charge is 2.17. The Morgan fingerprint density at radius 3 is 2.95 bits per heavy atom. The maximum atomic E-state index is 12.3. The van der Waals surface area contributed by atoms with E-state index in [-0.39, 0.29) is 11.9 Å². The van der Waals surface area contributed by atoms with Crippen molar-refractivity contribution in [2.75, 3.05) is 7.11 Å². The third-order valence-corrected chi connectivity index (χ3v) is 2.99. The van der Waals surface area contributed by atoms with Crippen molar-refractivity contribution in [3.05, 3.63) is 42.0 Å². The Labute approximate surface area is 117 Å². The van der Waals surface area contributed by atoms with Gasteiger partial charge in [0.05, 0.1) is 19.2 Å². The predicted octanol–water partition coefficient (Wildman–Crippen LogP) is 1.41. The van der Waals surface area contributed by atoms with Crippen LogP contribution in [0.3, 0.4) is 0 Å². The zero-order valence-corrected chi connectivity index (χ0v) is 11.8. The normalized spacial score (nSPS) is 11.9. The van der Waals surface area contributed by atoms with E-state index in [9.17, 15) is 4.79 Å². The maximum absolute atomic E-state index is 12.3. The Kier molecular flexibility index (Phi) is 4.34. The smallest absolute Gasteiger partial charge is 0.255 e. The predicted molar refractivity (Wildman–Crippen MR) is 74.7 cm³/mol. The number of ether oxygens (including phenoxy) is 1. The van der Waals surface area contributed by atoms with Crippen LogP contribution < -0.4 is 10.1 Å². The largest absolute Gasteiger partial charge is 0.496 e. The van der Waals surface area contributed by atoms with Crippen LogP contribution >= 0.6 is 0 Å². The highest BCUT2D eigenvalue weighted by molar-refractivity contribution is 5.98. The number of nitrogens with zero attached hydrogens (tertiary/aromatic N) is 3. The number of benzene rings is 1. The molecule has 1 aromatic carbocycles. The second-order valence-corrected chi connectivity index (χ2v) is 4.64. The summed E-state index contributed by atoms with van der Waals surface area (Å²) in [6, 6.07) is 5.47. The average Bonchev–Trinajstić information content (AvgIpc) is 2.90. The molecule has 0 bridgehead atoms. The lowest BCUT2D eigenvalue weighted by molar-refractivity contribution is 0.0932.